The minimum atomic E-state index is -0.0538. The molecule has 0 bridgehead atoms. The summed E-state index contributed by atoms with van der Waals surface area (Å²) in [7, 11) is 0. The molecule has 0 atom stereocenters. The van der Waals surface area contributed by atoms with E-state index in [-0.39, 0.29) is 5.56 Å². The second-order valence-corrected chi connectivity index (χ2v) is 8.62. The van der Waals surface area contributed by atoms with E-state index in [9.17, 15) is 4.79 Å². The van der Waals surface area contributed by atoms with Crippen LogP contribution in [0.25, 0.3) is 0 Å². The molecule has 0 unspecified atom stereocenters. The van der Waals surface area contributed by atoms with Gasteiger partial charge in [-0.15, -0.1) is 0 Å². The first kappa shape index (κ1) is 20.8. The number of pyridine rings is 2. The molecule has 156 valence electrons. The lowest BCUT2D eigenvalue weighted by Crippen LogP contribution is -2.20. The molecule has 3 heterocycles. The number of ether oxygens (including phenoxy) is 1. The van der Waals surface area contributed by atoms with Crippen molar-refractivity contribution in [2.75, 3.05) is 13.1 Å². The highest BCUT2D eigenvalue weighted by atomic mass is 79.9. The van der Waals surface area contributed by atoms with Gasteiger partial charge in [0.05, 0.1) is 5.69 Å². The summed E-state index contributed by atoms with van der Waals surface area (Å²) >= 11 is 3.36. The van der Waals surface area contributed by atoms with Crippen LogP contribution in [0.5, 0.6) is 5.75 Å². The highest BCUT2D eigenvalue weighted by Gasteiger charge is 2.11. The second kappa shape index (κ2) is 10.0. The van der Waals surface area contributed by atoms with E-state index < -0.39 is 0 Å². The third kappa shape index (κ3) is 5.80. The Morgan fingerprint density at radius 1 is 1.00 bits per heavy atom. The van der Waals surface area contributed by atoms with Crippen LogP contribution < -0.4 is 10.3 Å². The zero-order valence-corrected chi connectivity index (χ0v) is 18.6. The van der Waals surface area contributed by atoms with Crippen LogP contribution in [0.1, 0.15) is 29.7 Å². The molecular weight excluding hydrogens is 442 g/mol. The fourth-order valence-electron chi connectivity index (χ4n) is 3.67. The van der Waals surface area contributed by atoms with Crippen LogP contribution in [0.15, 0.2) is 70.2 Å². The maximum absolute atomic E-state index is 12.4. The topological polar surface area (TPSA) is 47.4 Å². The monoisotopic (exact) mass is 467 g/mol. The summed E-state index contributed by atoms with van der Waals surface area (Å²) in [5.74, 6) is 0.562. The van der Waals surface area contributed by atoms with Gasteiger partial charge < -0.3 is 9.30 Å². The minimum absolute atomic E-state index is 0.0538. The average molecular weight is 468 g/mol. The van der Waals surface area contributed by atoms with Gasteiger partial charge in [0.15, 0.2) is 0 Å². The molecule has 1 fully saturated rings. The molecule has 0 saturated carbocycles. The van der Waals surface area contributed by atoms with E-state index in [0.717, 1.165) is 23.1 Å². The van der Waals surface area contributed by atoms with Crippen LogP contribution in [-0.2, 0) is 26.1 Å². The Balaban J connectivity index is 1.29. The Hall–Kier alpha value is -2.44. The third-order valence-corrected chi connectivity index (χ3v) is 5.88. The molecule has 0 amide bonds. The predicted molar refractivity (Wildman–Crippen MR) is 122 cm³/mol. The zero-order valence-electron chi connectivity index (χ0n) is 17.0. The summed E-state index contributed by atoms with van der Waals surface area (Å²) in [6, 6.07) is 16.0. The number of hydrogen-bond donors (Lipinski definition) is 0. The van der Waals surface area contributed by atoms with Gasteiger partial charge in [-0.1, -0.05) is 24.3 Å². The molecular formula is C24H26BrN3O2. The van der Waals surface area contributed by atoms with Gasteiger partial charge in [-0.2, -0.15) is 0 Å². The predicted octanol–water partition coefficient (Wildman–Crippen LogP) is 4.42. The van der Waals surface area contributed by atoms with Crippen molar-refractivity contribution in [1.82, 2.24) is 14.5 Å². The number of likely N-dealkylation sites (tertiary alicyclic amines) is 1. The minimum Gasteiger partial charge on any atom is -0.487 e. The van der Waals surface area contributed by atoms with E-state index in [0.29, 0.717) is 18.9 Å². The number of halogens is 1. The second-order valence-electron chi connectivity index (χ2n) is 7.70. The third-order valence-electron chi connectivity index (χ3n) is 5.41. The molecule has 1 aliphatic heterocycles. The van der Waals surface area contributed by atoms with Crippen LogP contribution in [-0.4, -0.2) is 27.5 Å². The van der Waals surface area contributed by atoms with Crippen LogP contribution in [0.4, 0.5) is 0 Å². The first-order valence-electron chi connectivity index (χ1n) is 10.4. The molecule has 0 radical (unpaired) electrons. The SMILES string of the molecule is O=c1cc(OCc2ccc(Br)cn2)ccn1CCc1ccc(CN2CCCC2)cc1. The van der Waals surface area contributed by atoms with Crippen LogP contribution in [0, 0.1) is 0 Å². The highest BCUT2D eigenvalue weighted by molar-refractivity contribution is 9.10. The Kier molecular flexibility index (Phi) is 6.97. The Morgan fingerprint density at radius 3 is 2.47 bits per heavy atom. The molecule has 5 nitrogen and oxygen atoms in total. The lowest BCUT2D eigenvalue weighted by molar-refractivity contribution is 0.300. The maximum atomic E-state index is 12.4. The van der Waals surface area contributed by atoms with Gasteiger partial charge in [-0.3, -0.25) is 14.7 Å². The van der Waals surface area contributed by atoms with E-state index in [1.165, 1.54) is 43.1 Å². The number of nitrogens with zero attached hydrogens (tertiary/aromatic N) is 3. The van der Waals surface area contributed by atoms with Crippen molar-refractivity contribution in [3.63, 3.8) is 0 Å². The Morgan fingerprint density at radius 2 is 1.77 bits per heavy atom. The largest absolute Gasteiger partial charge is 0.487 e. The van der Waals surface area contributed by atoms with Gasteiger partial charge in [0.1, 0.15) is 12.4 Å². The van der Waals surface area contributed by atoms with E-state index in [2.05, 4.69) is 50.1 Å². The maximum Gasteiger partial charge on any atom is 0.254 e. The number of rotatable bonds is 8. The van der Waals surface area contributed by atoms with Crippen molar-refractivity contribution in [3.8, 4) is 5.75 Å². The number of aromatic nitrogens is 2. The van der Waals surface area contributed by atoms with Gasteiger partial charge in [-0.25, -0.2) is 0 Å². The smallest absolute Gasteiger partial charge is 0.254 e. The molecule has 1 aromatic carbocycles. The Bertz CT molecular complexity index is 1010. The van der Waals surface area contributed by atoms with E-state index in [4.69, 9.17) is 4.74 Å². The van der Waals surface area contributed by atoms with Crippen molar-refractivity contribution < 1.29 is 4.74 Å². The quantitative estimate of drug-likeness (QED) is 0.491. The molecule has 0 aliphatic carbocycles. The highest BCUT2D eigenvalue weighted by Crippen LogP contribution is 2.14. The number of aryl methyl sites for hydroxylation is 2. The van der Waals surface area contributed by atoms with Gasteiger partial charge in [0, 0.05) is 36.0 Å². The first-order valence-corrected chi connectivity index (χ1v) is 11.2. The summed E-state index contributed by atoms with van der Waals surface area (Å²) in [6.45, 7) is 4.45. The van der Waals surface area contributed by atoms with E-state index >= 15 is 0 Å². The van der Waals surface area contributed by atoms with Crippen molar-refractivity contribution in [2.24, 2.45) is 0 Å². The van der Waals surface area contributed by atoms with E-state index in [1.807, 2.05) is 18.2 Å². The molecule has 1 aliphatic rings. The van der Waals surface area contributed by atoms with Crippen molar-refractivity contribution in [3.05, 3.63) is 92.6 Å². The molecule has 1 saturated heterocycles. The van der Waals surface area contributed by atoms with Gasteiger partial charge >= 0.3 is 0 Å². The molecule has 0 spiro atoms. The van der Waals surface area contributed by atoms with Crippen molar-refractivity contribution >= 4 is 15.9 Å². The van der Waals surface area contributed by atoms with Crippen LogP contribution in [0.3, 0.4) is 0 Å². The average Bonchev–Trinajstić information content (AvgIpc) is 3.27. The van der Waals surface area contributed by atoms with Gasteiger partial charge in [0.2, 0.25) is 0 Å². The van der Waals surface area contributed by atoms with Gasteiger partial charge in [-0.05, 0) is 77.6 Å². The lowest BCUT2D eigenvalue weighted by atomic mass is 10.1. The molecule has 0 N–H and O–H groups in total. The molecule has 6 heteroatoms. The normalized spacial score (nSPS) is 14.2. The summed E-state index contributed by atoms with van der Waals surface area (Å²) in [6.07, 6.45) is 6.99. The van der Waals surface area contributed by atoms with E-state index in [1.54, 1.807) is 17.0 Å². The Labute approximate surface area is 185 Å². The molecule has 2 aromatic heterocycles. The molecule has 4 rings (SSSR count). The van der Waals surface area contributed by atoms with Crippen LogP contribution >= 0.6 is 15.9 Å². The number of hydrogen-bond acceptors (Lipinski definition) is 4. The summed E-state index contributed by atoms with van der Waals surface area (Å²) in [4.78, 5) is 19.2. The standard InChI is InChI=1S/C24H26BrN3O2/c25-21-7-8-22(26-16-21)18-30-23-10-14-28(24(29)15-23)13-9-19-3-5-20(6-4-19)17-27-11-1-2-12-27/h3-8,10,14-16H,1-2,9,11-13,17-18H2. The summed E-state index contributed by atoms with van der Waals surface area (Å²) in [5, 5.41) is 0. The number of benzene rings is 1. The van der Waals surface area contributed by atoms with Crippen LogP contribution in [0.2, 0.25) is 0 Å². The van der Waals surface area contributed by atoms with Crippen molar-refractivity contribution in [1.29, 1.82) is 0 Å². The van der Waals surface area contributed by atoms with Gasteiger partial charge in [0.25, 0.3) is 5.56 Å². The first-order chi connectivity index (χ1) is 14.7. The lowest BCUT2D eigenvalue weighted by Gasteiger charge is -2.14. The summed E-state index contributed by atoms with van der Waals surface area (Å²) in [5.41, 5.74) is 3.37. The fraction of sp³-hybridized carbons (Fsp3) is 0.333. The fourth-order valence-corrected chi connectivity index (χ4v) is 3.91. The zero-order chi connectivity index (χ0) is 20.8. The summed E-state index contributed by atoms with van der Waals surface area (Å²) < 4.78 is 8.35. The van der Waals surface area contributed by atoms with Crippen molar-refractivity contribution in [2.45, 2.75) is 39.0 Å². The molecule has 3 aromatic rings. The molecule has 30 heavy (non-hydrogen) atoms.